The van der Waals surface area contributed by atoms with Crippen molar-refractivity contribution < 1.29 is 13.9 Å². The summed E-state index contributed by atoms with van der Waals surface area (Å²) in [7, 11) is 1.53. The first-order valence-electron chi connectivity index (χ1n) is 7.16. The fourth-order valence-corrected chi connectivity index (χ4v) is 2.07. The summed E-state index contributed by atoms with van der Waals surface area (Å²) in [5, 5.41) is 3.44. The Hall–Kier alpha value is -1.13. The second-order valence-electron chi connectivity index (χ2n) is 5.29. The topological polar surface area (TPSA) is 30.5 Å². The highest BCUT2D eigenvalue weighted by atomic mass is 19.1. The lowest BCUT2D eigenvalue weighted by atomic mass is 10.0. The van der Waals surface area contributed by atoms with Crippen LogP contribution in [0.25, 0.3) is 0 Å². The summed E-state index contributed by atoms with van der Waals surface area (Å²) in [5.74, 6) is 0.710. The molecule has 114 valence electrons. The van der Waals surface area contributed by atoms with Gasteiger partial charge in [0, 0.05) is 30.3 Å². The van der Waals surface area contributed by atoms with Gasteiger partial charge < -0.3 is 14.8 Å². The summed E-state index contributed by atoms with van der Waals surface area (Å²) >= 11 is 0. The zero-order valence-corrected chi connectivity index (χ0v) is 13.1. The van der Waals surface area contributed by atoms with Crippen molar-refractivity contribution in [1.29, 1.82) is 0 Å². The number of halogens is 1. The van der Waals surface area contributed by atoms with Gasteiger partial charge in [0.15, 0.2) is 0 Å². The molecular formula is C16H26FNO2. The van der Waals surface area contributed by atoms with Crippen LogP contribution >= 0.6 is 0 Å². The van der Waals surface area contributed by atoms with E-state index in [1.807, 2.05) is 13.8 Å². The zero-order valence-electron chi connectivity index (χ0n) is 13.1. The second-order valence-corrected chi connectivity index (χ2v) is 5.29. The van der Waals surface area contributed by atoms with Crippen LogP contribution in [0.4, 0.5) is 4.39 Å². The molecule has 3 nitrogen and oxygen atoms in total. The van der Waals surface area contributed by atoms with Crippen LogP contribution in [0.2, 0.25) is 0 Å². The van der Waals surface area contributed by atoms with Crippen LogP contribution in [-0.4, -0.2) is 26.4 Å². The molecule has 2 unspecified atom stereocenters. The summed E-state index contributed by atoms with van der Waals surface area (Å²) in [6, 6.07) is 5.09. The first kappa shape index (κ1) is 16.9. The van der Waals surface area contributed by atoms with Crippen molar-refractivity contribution >= 4 is 0 Å². The molecule has 0 saturated heterocycles. The van der Waals surface area contributed by atoms with Crippen molar-refractivity contribution in [2.45, 2.75) is 39.8 Å². The zero-order chi connectivity index (χ0) is 15.1. The van der Waals surface area contributed by atoms with E-state index in [1.54, 1.807) is 12.1 Å². The molecule has 0 aliphatic heterocycles. The molecule has 1 rings (SSSR count). The molecule has 0 heterocycles. The molecular weight excluding hydrogens is 257 g/mol. The van der Waals surface area contributed by atoms with Crippen molar-refractivity contribution in [3.63, 3.8) is 0 Å². The highest BCUT2D eigenvalue weighted by Gasteiger charge is 2.19. The maximum atomic E-state index is 14.0. The Morgan fingerprint density at radius 1 is 1.25 bits per heavy atom. The van der Waals surface area contributed by atoms with Gasteiger partial charge in [-0.25, -0.2) is 4.39 Å². The van der Waals surface area contributed by atoms with E-state index in [-0.39, 0.29) is 17.9 Å². The van der Waals surface area contributed by atoms with Crippen LogP contribution < -0.4 is 10.1 Å². The van der Waals surface area contributed by atoms with Crippen LogP contribution in [0, 0.1) is 11.7 Å². The molecule has 0 radical (unpaired) electrons. The molecule has 0 fully saturated rings. The molecule has 0 amide bonds. The summed E-state index contributed by atoms with van der Waals surface area (Å²) in [6.45, 7) is 9.53. The summed E-state index contributed by atoms with van der Waals surface area (Å²) in [4.78, 5) is 0. The van der Waals surface area contributed by atoms with E-state index in [1.165, 1.54) is 13.2 Å². The number of hydrogen-bond acceptors (Lipinski definition) is 3. The standard InChI is InChI=1S/C16H26FNO2/c1-6-20-10-16(11(2)3)18-12(4)14-8-7-13(19-5)9-15(14)17/h7-9,11-12,16,18H,6,10H2,1-5H3. The Balaban J connectivity index is 2.75. The molecule has 0 bridgehead atoms. The molecule has 0 aliphatic rings. The van der Waals surface area contributed by atoms with Gasteiger partial charge in [-0.2, -0.15) is 0 Å². The van der Waals surface area contributed by atoms with Crippen molar-refractivity contribution in [3.05, 3.63) is 29.6 Å². The Bertz CT molecular complexity index is 409. The first-order chi connectivity index (χ1) is 9.49. The number of ether oxygens (including phenoxy) is 2. The van der Waals surface area contributed by atoms with Crippen LogP contribution in [0.1, 0.15) is 39.3 Å². The van der Waals surface area contributed by atoms with Gasteiger partial charge in [-0.05, 0) is 25.8 Å². The minimum Gasteiger partial charge on any atom is -0.497 e. The van der Waals surface area contributed by atoms with Crippen molar-refractivity contribution in [1.82, 2.24) is 5.32 Å². The van der Waals surface area contributed by atoms with E-state index in [4.69, 9.17) is 9.47 Å². The van der Waals surface area contributed by atoms with Gasteiger partial charge in [-0.15, -0.1) is 0 Å². The van der Waals surface area contributed by atoms with E-state index < -0.39 is 0 Å². The summed E-state index contributed by atoms with van der Waals surface area (Å²) in [6.07, 6.45) is 0. The summed E-state index contributed by atoms with van der Waals surface area (Å²) in [5.41, 5.74) is 0.646. The minimum absolute atomic E-state index is 0.0752. The molecule has 1 aromatic rings. The third-order valence-electron chi connectivity index (χ3n) is 3.44. The van der Waals surface area contributed by atoms with Crippen LogP contribution in [0.15, 0.2) is 18.2 Å². The molecule has 20 heavy (non-hydrogen) atoms. The molecule has 1 aromatic carbocycles. The van der Waals surface area contributed by atoms with Crippen LogP contribution in [-0.2, 0) is 4.74 Å². The number of hydrogen-bond donors (Lipinski definition) is 1. The Labute approximate surface area is 121 Å². The van der Waals surface area contributed by atoms with E-state index in [9.17, 15) is 4.39 Å². The largest absolute Gasteiger partial charge is 0.497 e. The van der Waals surface area contributed by atoms with Crippen LogP contribution in [0.3, 0.4) is 0 Å². The predicted octanol–water partition coefficient (Wildman–Crippen LogP) is 3.55. The van der Waals surface area contributed by atoms with Gasteiger partial charge in [0.05, 0.1) is 13.7 Å². The van der Waals surface area contributed by atoms with Gasteiger partial charge in [0.1, 0.15) is 11.6 Å². The minimum atomic E-state index is -0.247. The average molecular weight is 283 g/mol. The number of methoxy groups -OCH3 is 1. The van der Waals surface area contributed by atoms with Gasteiger partial charge in [-0.3, -0.25) is 0 Å². The lowest BCUT2D eigenvalue weighted by Gasteiger charge is -2.26. The smallest absolute Gasteiger partial charge is 0.131 e. The molecule has 4 heteroatoms. The third kappa shape index (κ3) is 4.76. The number of rotatable bonds is 8. The van der Waals surface area contributed by atoms with Gasteiger partial charge in [0.25, 0.3) is 0 Å². The Morgan fingerprint density at radius 3 is 2.45 bits per heavy atom. The van der Waals surface area contributed by atoms with E-state index in [0.29, 0.717) is 30.4 Å². The average Bonchev–Trinajstić information content (AvgIpc) is 2.42. The van der Waals surface area contributed by atoms with Crippen molar-refractivity contribution in [2.24, 2.45) is 5.92 Å². The molecule has 0 spiro atoms. The van der Waals surface area contributed by atoms with E-state index in [0.717, 1.165) is 0 Å². The fourth-order valence-electron chi connectivity index (χ4n) is 2.07. The Kier molecular flexibility index (Phi) is 6.96. The third-order valence-corrected chi connectivity index (χ3v) is 3.44. The molecule has 0 saturated carbocycles. The van der Waals surface area contributed by atoms with Gasteiger partial charge in [-0.1, -0.05) is 19.9 Å². The predicted molar refractivity (Wildman–Crippen MR) is 79.6 cm³/mol. The normalized spacial score (nSPS) is 14.3. The first-order valence-corrected chi connectivity index (χ1v) is 7.16. The number of benzene rings is 1. The lowest BCUT2D eigenvalue weighted by Crippen LogP contribution is -2.39. The second kappa shape index (κ2) is 8.22. The molecule has 0 aromatic heterocycles. The monoisotopic (exact) mass is 283 g/mol. The quantitative estimate of drug-likeness (QED) is 0.791. The maximum absolute atomic E-state index is 14.0. The van der Waals surface area contributed by atoms with Gasteiger partial charge >= 0.3 is 0 Å². The molecule has 2 atom stereocenters. The van der Waals surface area contributed by atoms with E-state index >= 15 is 0 Å². The molecule has 1 N–H and O–H groups in total. The highest BCUT2D eigenvalue weighted by molar-refractivity contribution is 5.30. The lowest BCUT2D eigenvalue weighted by molar-refractivity contribution is 0.104. The maximum Gasteiger partial charge on any atom is 0.131 e. The van der Waals surface area contributed by atoms with Gasteiger partial charge in [0.2, 0.25) is 0 Å². The van der Waals surface area contributed by atoms with Crippen LogP contribution in [0.5, 0.6) is 5.75 Å². The highest BCUT2D eigenvalue weighted by Crippen LogP contribution is 2.22. The SMILES string of the molecule is CCOCC(NC(C)c1ccc(OC)cc1F)C(C)C. The summed E-state index contributed by atoms with van der Waals surface area (Å²) < 4.78 is 24.5. The van der Waals surface area contributed by atoms with E-state index in [2.05, 4.69) is 19.2 Å². The molecule has 0 aliphatic carbocycles. The fraction of sp³-hybridized carbons (Fsp3) is 0.625. The Morgan fingerprint density at radius 2 is 1.95 bits per heavy atom. The van der Waals surface area contributed by atoms with Crippen molar-refractivity contribution in [3.8, 4) is 5.75 Å². The number of nitrogens with one attached hydrogen (secondary N) is 1. The van der Waals surface area contributed by atoms with Crippen molar-refractivity contribution in [2.75, 3.05) is 20.3 Å².